The molecule has 1 saturated heterocycles. The molecule has 0 aromatic carbocycles. The van der Waals surface area contributed by atoms with Crippen molar-refractivity contribution in [3.8, 4) is 0 Å². The number of nitrogens with zero attached hydrogens (tertiary/aromatic N) is 3. The fourth-order valence-corrected chi connectivity index (χ4v) is 2.33. The fourth-order valence-electron chi connectivity index (χ4n) is 2.33. The first-order chi connectivity index (χ1) is 8.74. The van der Waals surface area contributed by atoms with Crippen LogP contribution in [0.5, 0.6) is 0 Å². The van der Waals surface area contributed by atoms with Crippen molar-refractivity contribution in [3.63, 3.8) is 0 Å². The molecule has 6 heteroatoms. The summed E-state index contributed by atoms with van der Waals surface area (Å²) in [4.78, 5) is 10.8. The van der Waals surface area contributed by atoms with Gasteiger partial charge in [-0.2, -0.15) is 9.97 Å². The summed E-state index contributed by atoms with van der Waals surface area (Å²) in [6.07, 6.45) is 3.60. The Morgan fingerprint density at radius 3 is 2.78 bits per heavy atom. The molecule has 0 unspecified atom stereocenters. The standard InChI is InChI=1S/C12H20N6/c1-14-9-4-5-18(7-9)11-6-10(15-8-2-3-8)16-12(13)17-11/h6,8-9,14H,2-5,7H2,1H3,(H3,13,15,16,17)/t9-/m1/s1. The molecule has 0 amide bonds. The van der Waals surface area contributed by atoms with Crippen molar-refractivity contribution in [2.24, 2.45) is 0 Å². The maximum Gasteiger partial charge on any atom is 0.223 e. The normalized spacial score (nSPS) is 23.4. The lowest BCUT2D eigenvalue weighted by molar-refractivity contribution is 0.616. The van der Waals surface area contributed by atoms with Crippen LogP contribution < -0.4 is 21.3 Å². The van der Waals surface area contributed by atoms with Gasteiger partial charge in [0.1, 0.15) is 11.6 Å². The third kappa shape index (κ3) is 2.48. The van der Waals surface area contributed by atoms with Gasteiger partial charge in [0.05, 0.1) is 0 Å². The molecule has 18 heavy (non-hydrogen) atoms. The highest BCUT2D eigenvalue weighted by Crippen LogP contribution is 2.26. The first-order valence-corrected chi connectivity index (χ1v) is 6.58. The van der Waals surface area contributed by atoms with E-state index in [9.17, 15) is 0 Å². The molecule has 1 aliphatic carbocycles. The molecule has 6 nitrogen and oxygen atoms in total. The molecule has 4 N–H and O–H groups in total. The summed E-state index contributed by atoms with van der Waals surface area (Å²) in [5.41, 5.74) is 5.79. The Morgan fingerprint density at radius 2 is 2.11 bits per heavy atom. The van der Waals surface area contributed by atoms with Crippen molar-refractivity contribution in [2.45, 2.75) is 31.3 Å². The Hall–Kier alpha value is -1.56. The zero-order chi connectivity index (χ0) is 12.5. The molecule has 0 bridgehead atoms. The lowest BCUT2D eigenvalue weighted by atomic mass is 10.3. The van der Waals surface area contributed by atoms with Gasteiger partial charge in [0.2, 0.25) is 5.95 Å². The van der Waals surface area contributed by atoms with E-state index in [1.54, 1.807) is 0 Å². The maximum absolute atomic E-state index is 5.79. The first kappa shape index (κ1) is 11.5. The molecule has 1 aliphatic heterocycles. The van der Waals surface area contributed by atoms with Crippen LogP contribution in [-0.4, -0.2) is 42.2 Å². The van der Waals surface area contributed by atoms with E-state index >= 15 is 0 Å². The summed E-state index contributed by atoms with van der Waals surface area (Å²) in [5, 5.41) is 6.68. The largest absolute Gasteiger partial charge is 0.368 e. The summed E-state index contributed by atoms with van der Waals surface area (Å²) in [7, 11) is 2.00. The predicted molar refractivity (Wildman–Crippen MR) is 72.8 cm³/mol. The number of nitrogens with two attached hydrogens (primary N) is 1. The molecule has 1 aromatic rings. The molecule has 1 atom stereocenters. The molecule has 0 spiro atoms. The van der Waals surface area contributed by atoms with Crippen LogP contribution >= 0.6 is 0 Å². The monoisotopic (exact) mass is 248 g/mol. The molecular formula is C12H20N6. The van der Waals surface area contributed by atoms with Crippen molar-refractivity contribution in [1.82, 2.24) is 15.3 Å². The highest BCUT2D eigenvalue weighted by atomic mass is 15.3. The Balaban J connectivity index is 1.76. The second kappa shape index (κ2) is 4.61. The number of aromatic nitrogens is 2. The van der Waals surface area contributed by atoms with Gasteiger partial charge in [0.25, 0.3) is 0 Å². The van der Waals surface area contributed by atoms with Gasteiger partial charge in [0.15, 0.2) is 0 Å². The average molecular weight is 248 g/mol. The van der Waals surface area contributed by atoms with Crippen LogP contribution in [0.25, 0.3) is 0 Å². The van der Waals surface area contributed by atoms with Crippen LogP contribution in [0.1, 0.15) is 19.3 Å². The number of anilines is 3. The van der Waals surface area contributed by atoms with Gasteiger partial charge >= 0.3 is 0 Å². The lowest BCUT2D eigenvalue weighted by Crippen LogP contribution is -2.30. The van der Waals surface area contributed by atoms with Crippen molar-refractivity contribution >= 4 is 17.6 Å². The first-order valence-electron chi connectivity index (χ1n) is 6.58. The molecule has 2 aliphatic rings. The summed E-state index contributed by atoms with van der Waals surface area (Å²) in [6.45, 7) is 2.00. The van der Waals surface area contributed by atoms with Gasteiger partial charge in [-0.3, -0.25) is 0 Å². The van der Waals surface area contributed by atoms with Crippen molar-refractivity contribution in [2.75, 3.05) is 36.1 Å². The van der Waals surface area contributed by atoms with Crippen molar-refractivity contribution in [3.05, 3.63) is 6.07 Å². The Labute approximate surface area is 107 Å². The number of rotatable bonds is 4. The van der Waals surface area contributed by atoms with E-state index in [-0.39, 0.29) is 0 Å². The molecule has 3 rings (SSSR count). The minimum absolute atomic E-state index is 0.351. The Bertz CT molecular complexity index is 431. The molecule has 0 radical (unpaired) electrons. The van der Waals surface area contributed by atoms with Gasteiger partial charge in [-0.1, -0.05) is 0 Å². The van der Waals surface area contributed by atoms with Crippen LogP contribution in [-0.2, 0) is 0 Å². The van der Waals surface area contributed by atoms with E-state index in [4.69, 9.17) is 5.73 Å². The van der Waals surface area contributed by atoms with Crippen LogP contribution in [0.2, 0.25) is 0 Å². The second-order valence-corrected chi connectivity index (χ2v) is 5.11. The Kier molecular flexibility index (Phi) is 2.95. The zero-order valence-electron chi connectivity index (χ0n) is 10.7. The van der Waals surface area contributed by atoms with E-state index in [1.807, 2.05) is 13.1 Å². The number of nitrogens with one attached hydrogen (secondary N) is 2. The quantitative estimate of drug-likeness (QED) is 0.717. The number of hydrogen-bond acceptors (Lipinski definition) is 6. The minimum atomic E-state index is 0.351. The van der Waals surface area contributed by atoms with E-state index in [1.165, 1.54) is 12.8 Å². The molecule has 2 fully saturated rings. The van der Waals surface area contributed by atoms with Gasteiger partial charge in [-0.05, 0) is 26.3 Å². The SMILES string of the molecule is CN[C@@H]1CCN(c2cc(NC3CC3)nc(N)n2)C1. The van der Waals surface area contributed by atoms with E-state index in [0.29, 0.717) is 18.0 Å². The molecule has 2 heterocycles. The predicted octanol–water partition coefficient (Wildman–Crippen LogP) is 0.431. The number of likely N-dealkylation sites (N-methyl/N-ethyl adjacent to an activating group) is 1. The van der Waals surface area contributed by atoms with E-state index in [0.717, 1.165) is 31.1 Å². The van der Waals surface area contributed by atoms with Crippen LogP contribution in [0.3, 0.4) is 0 Å². The smallest absolute Gasteiger partial charge is 0.223 e. The number of hydrogen-bond donors (Lipinski definition) is 3. The third-order valence-corrected chi connectivity index (χ3v) is 3.58. The third-order valence-electron chi connectivity index (χ3n) is 3.58. The van der Waals surface area contributed by atoms with Gasteiger partial charge < -0.3 is 21.3 Å². The van der Waals surface area contributed by atoms with Crippen LogP contribution in [0, 0.1) is 0 Å². The fraction of sp³-hybridized carbons (Fsp3) is 0.667. The molecule has 1 saturated carbocycles. The van der Waals surface area contributed by atoms with Crippen molar-refractivity contribution < 1.29 is 0 Å². The topological polar surface area (TPSA) is 79.1 Å². The zero-order valence-corrected chi connectivity index (χ0v) is 10.7. The summed E-state index contributed by atoms with van der Waals surface area (Å²) < 4.78 is 0. The lowest BCUT2D eigenvalue weighted by Gasteiger charge is -2.18. The minimum Gasteiger partial charge on any atom is -0.368 e. The van der Waals surface area contributed by atoms with Crippen LogP contribution in [0.15, 0.2) is 6.07 Å². The molecule has 98 valence electrons. The van der Waals surface area contributed by atoms with Crippen molar-refractivity contribution in [1.29, 1.82) is 0 Å². The van der Waals surface area contributed by atoms with Gasteiger partial charge in [-0.15, -0.1) is 0 Å². The van der Waals surface area contributed by atoms with Gasteiger partial charge in [-0.25, -0.2) is 0 Å². The highest BCUT2D eigenvalue weighted by Gasteiger charge is 2.25. The summed E-state index contributed by atoms with van der Waals surface area (Å²) >= 11 is 0. The maximum atomic E-state index is 5.79. The van der Waals surface area contributed by atoms with Gasteiger partial charge in [0, 0.05) is 31.2 Å². The molecule has 1 aromatic heterocycles. The second-order valence-electron chi connectivity index (χ2n) is 5.11. The average Bonchev–Trinajstić information content (AvgIpc) is 3.03. The Morgan fingerprint density at radius 1 is 1.28 bits per heavy atom. The van der Waals surface area contributed by atoms with E-state index in [2.05, 4.69) is 25.5 Å². The molecular weight excluding hydrogens is 228 g/mol. The van der Waals surface area contributed by atoms with E-state index < -0.39 is 0 Å². The highest BCUT2D eigenvalue weighted by molar-refractivity contribution is 5.54. The number of nitrogen functional groups attached to an aromatic ring is 1. The van der Waals surface area contributed by atoms with Crippen LogP contribution in [0.4, 0.5) is 17.6 Å². The summed E-state index contributed by atoms with van der Waals surface area (Å²) in [5.74, 6) is 2.14. The summed E-state index contributed by atoms with van der Waals surface area (Å²) in [6, 6.07) is 3.13.